The van der Waals surface area contributed by atoms with Crippen LogP contribution in [0.1, 0.15) is 0 Å². The highest BCUT2D eigenvalue weighted by atomic mass is 32.1. The second kappa shape index (κ2) is 14.9. The molecule has 0 radical (unpaired) electrons. The van der Waals surface area contributed by atoms with Crippen molar-refractivity contribution < 1.29 is 0 Å². The maximum Gasteiger partial charge on any atom is 0.164 e. The molecule has 0 spiro atoms. The Morgan fingerprint density at radius 3 is 1.44 bits per heavy atom. The lowest BCUT2D eigenvalue weighted by atomic mass is 9.98. The summed E-state index contributed by atoms with van der Waals surface area (Å²) >= 11 is 1.87. The first-order chi connectivity index (χ1) is 30.7. The van der Waals surface area contributed by atoms with Gasteiger partial charge in [0.2, 0.25) is 0 Å². The quantitative estimate of drug-likeness (QED) is 0.161. The number of fused-ring (bicyclic) bond motifs is 7. The Balaban J connectivity index is 1.07. The summed E-state index contributed by atoms with van der Waals surface area (Å²) in [6.45, 7) is 0. The molecule has 290 valence electrons. The topological polar surface area (TPSA) is 43.6 Å². The molecule has 0 fully saturated rings. The summed E-state index contributed by atoms with van der Waals surface area (Å²) < 4.78 is 5.03. The third-order valence-corrected chi connectivity index (χ3v) is 13.1. The minimum atomic E-state index is 0.615. The molecular formula is C57H36N4S. The van der Waals surface area contributed by atoms with Gasteiger partial charge in [-0.3, -0.25) is 0 Å². The highest BCUT2D eigenvalue weighted by Gasteiger charge is 2.21. The van der Waals surface area contributed by atoms with Gasteiger partial charge in [-0.2, -0.15) is 0 Å². The van der Waals surface area contributed by atoms with Crippen molar-refractivity contribution in [3.63, 3.8) is 0 Å². The lowest BCUT2D eigenvalue weighted by Crippen LogP contribution is -2.02. The minimum Gasteiger partial charge on any atom is -0.308 e. The van der Waals surface area contributed by atoms with Gasteiger partial charge in [-0.05, 0) is 63.7 Å². The monoisotopic (exact) mass is 808 g/mol. The van der Waals surface area contributed by atoms with Crippen molar-refractivity contribution in [2.45, 2.75) is 0 Å². The van der Waals surface area contributed by atoms with E-state index < -0.39 is 0 Å². The number of hydrogen-bond acceptors (Lipinski definition) is 4. The van der Waals surface area contributed by atoms with E-state index in [9.17, 15) is 0 Å². The number of rotatable bonds is 7. The standard InChI is InChI=1S/C57H36N4S/c1-4-14-37(15-5-1)39-24-28-42(29-25-39)55-58-56(43-30-26-40(27-31-43)38-16-6-2-7-17-38)60-57(59-55)49-33-32-44(36-50(49)41-18-8-3-9-19-41)61-51-22-12-10-20-45(51)47-34-35-48-46-21-11-13-23-52(46)62-54(48)53(47)61/h1-36H. The molecule has 12 aromatic rings. The molecule has 0 saturated heterocycles. The number of para-hydroxylation sites is 1. The van der Waals surface area contributed by atoms with Gasteiger partial charge in [0.15, 0.2) is 17.5 Å². The molecule has 5 heteroatoms. The van der Waals surface area contributed by atoms with Crippen molar-refractivity contribution in [3.05, 3.63) is 218 Å². The van der Waals surface area contributed by atoms with E-state index in [0.29, 0.717) is 17.5 Å². The molecule has 0 unspecified atom stereocenters. The molecule has 0 bridgehead atoms. The Labute approximate surface area is 362 Å². The van der Waals surface area contributed by atoms with Gasteiger partial charge in [0.1, 0.15) is 0 Å². The lowest BCUT2D eigenvalue weighted by Gasteiger charge is -2.16. The van der Waals surface area contributed by atoms with Crippen LogP contribution >= 0.6 is 11.3 Å². The number of aromatic nitrogens is 4. The first-order valence-corrected chi connectivity index (χ1v) is 21.7. The first kappa shape index (κ1) is 35.9. The maximum atomic E-state index is 5.28. The zero-order valence-corrected chi connectivity index (χ0v) is 34.3. The number of nitrogens with zero attached hydrogens (tertiary/aromatic N) is 4. The summed E-state index contributed by atoms with van der Waals surface area (Å²) in [7, 11) is 0. The van der Waals surface area contributed by atoms with Crippen LogP contribution < -0.4 is 0 Å². The van der Waals surface area contributed by atoms with Gasteiger partial charge in [-0.25, -0.2) is 15.0 Å². The highest BCUT2D eigenvalue weighted by Crippen LogP contribution is 2.44. The lowest BCUT2D eigenvalue weighted by molar-refractivity contribution is 1.07. The van der Waals surface area contributed by atoms with Crippen LogP contribution in [-0.2, 0) is 0 Å². The van der Waals surface area contributed by atoms with Crippen LogP contribution in [0.25, 0.3) is 115 Å². The third kappa shape index (κ3) is 6.18. The molecule has 0 aliphatic rings. The fourth-order valence-corrected chi connectivity index (χ4v) is 10.1. The molecule has 0 aliphatic carbocycles. The average Bonchev–Trinajstić information content (AvgIpc) is 3.91. The minimum absolute atomic E-state index is 0.615. The van der Waals surface area contributed by atoms with Gasteiger partial charge in [-0.15, -0.1) is 11.3 Å². The second-order valence-corrected chi connectivity index (χ2v) is 16.6. The van der Waals surface area contributed by atoms with Gasteiger partial charge >= 0.3 is 0 Å². The predicted octanol–water partition coefficient (Wildman–Crippen LogP) is 15.3. The zero-order valence-electron chi connectivity index (χ0n) is 33.5. The van der Waals surface area contributed by atoms with Crippen LogP contribution in [0.15, 0.2) is 218 Å². The highest BCUT2D eigenvalue weighted by molar-refractivity contribution is 7.26. The van der Waals surface area contributed by atoms with Gasteiger partial charge < -0.3 is 4.57 Å². The summed E-state index contributed by atoms with van der Waals surface area (Å²) in [5.41, 5.74) is 13.0. The molecule has 0 amide bonds. The molecular weight excluding hydrogens is 773 g/mol. The van der Waals surface area contributed by atoms with Gasteiger partial charge in [-0.1, -0.05) is 188 Å². The van der Waals surface area contributed by atoms with E-state index in [4.69, 9.17) is 15.0 Å². The molecule has 0 saturated carbocycles. The van der Waals surface area contributed by atoms with Crippen molar-refractivity contribution in [3.8, 4) is 73.2 Å². The molecule has 3 aromatic heterocycles. The molecule has 0 N–H and O–H groups in total. The maximum absolute atomic E-state index is 5.28. The SMILES string of the molecule is c1ccc(-c2ccc(-c3nc(-c4ccc(-c5ccccc5)cc4)nc(-c4ccc(-n5c6ccccc6c6ccc7c8ccccc8sc7c65)cc4-c4ccccc4)n3)cc2)cc1. The van der Waals surface area contributed by atoms with Crippen molar-refractivity contribution in [2.24, 2.45) is 0 Å². The summed E-state index contributed by atoms with van der Waals surface area (Å²) in [6, 6.07) is 77.3. The van der Waals surface area contributed by atoms with E-state index in [-0.39, 0.29) is 0 Å². The fourth-order valence-electron chi connectivity index (χ4n) is 8.86. The Hall–Kier alpha value is -7.99. The number of hydrogen-bond donors (Lipinski definition) is 0. The number of thiophene rings is 1. The molecule has 12 rings (SSSR count). The first-order valence-electron chi connectivity index (χ1n) is 20.8. The summed E-state index contributed by atoms with van der Waals surface area (Å²) in [5, 5.41) is 5.04. The van der Waals surface area contributed by atoms with Crippen LogP contribution in [-0.4, -0.2) is 19.5 Å². The summed E-state index contributed by atoms with van der Waals surface area (Å²) in [5.74, 6) is 1.85. The third-order valence-electron chi connectivity index (χ3n) is 11.9. The average molecular weight is 809 g/mol. The van der Waals surface area contributed by atoms with Crippen LogP contribution in [0.3, 0.4) is 0 Å². The van der Waals surface area contributed by atoms with Crippen LogP contribution in [0, 0.1) is 0 Å². The molecule has 62 heavy (non-hydrogen) atoms. The van der Waals surface area contributed by atoms with E-state index in [1.54, 1.807) is 0 Å². The Kier molecular flexibility index (Phi) is 8.65. The van der Waals surface area contributed by atoms with E-state index in [1.165, 1.54) is 53.1 Å². The zero-order chi connectivity index (χ0) is 41.0. The van der Waals surface area contributed by atoms with Crippen molar-refractivity contribution >= 4 is 53.3 Å². The van der Waals surface area contributed by atoms with E-state index in [1.807, 2.05) is 23.5 Å². The predicted molar refractivity (Wildman–Crippen MR) is 260 cm³/mol. The van der Waals surface area contributed by atoms with Crippen molar-refractivity contribution in [1.29, 1.82) is 0 Å². The van der Waals surface area contributed by atoms with E-state index in [0.717, 1.165) is 44.6 Å². The molecule has 4 nitrogen and oxygen atoms in total. The Bertz CT molecular complexity index is 3490. The normalized spacial score (nSPS) is 11.5. The van der Waals surface area contributed by atoms with Gasteiger partial charge in [0.05, 0.1) is 15.7 Å². The van der Waals surface area contributed by atoms with Crippen molar-refractivity contribution in [1.82, 2.24) is 19.5 Å². The smallest absolute Gasteiger partial charge is 0.164 e. The van der Waals surface area contributed by atoms with Crippen LogP contribution in [0.4, 0.5) is 0 Å². The van der Waals surface area contributed by atoms with Crippen LogP contribution in [0.2, 0.25) is 0 Å². The van der Waals surface area contributed by atoms with Crippen LogP contribution in [0.5, 0.6) is 0 Å². The molecule has 9 aromatic carbocycles. The van der Waals surface area contributed by atoms with Gasteiger partial charge in [0.25, 0.3) is 0 Å². The Morgan fingerprint density at radius 2 is 0.806 bits per heavy atom. The van der Waals surface area contributed by atoms with Crippen molar-refractivity contribution in [2.75, 3.05) is 0 Å². The van der Waals surface area contributed by atoms with E-state index in [2.05, 4.69) is 211 Å². The summed E-state index contributed by atoms with van der Waals surface area (Å²) in [4.78, 5) is 15.7. The largest absolute Gasteiger partial charge is 0.308 e. The Morgan fingerprint density at radius 1 is 0.323 bits per heavy atom. The number of benzene rings is 9. The fraction of sp³-hybridized carbons (Fsp3) is 0. The van der Waals surface area contributed by atoms with Gasteiger partial charge in [0, 0.05) is 48.6 Å². The molecule has 3 heterocycles. The molecule has 0 atom stereocenters. The second-order valence-electron chi connectivity index (χ2n) is 15.6. The van der Waals surface area contributed by atoms with E-state index >= 15 is 0 Å². The summed E-state index contributed by atoms with van der Waals surface area (Å²) in [6.07, 6.45) is 0. The molecule has 0 aliphatic heterocycles.